The van der Waals surface area contributed by atoms with E-state index in [9.17, 15) is 0 Å². The van der Waals surface area contributed by atoms with E-state index in [1.165, 1.54) is 25.4 Å². The Balaban J connectivity index is 2.52. The van der Waals surface area contributed by atoms with Gasteiger partial charge in [-0.05, 0) is 44.9 Å². The summed E-state index contributed by atoms with van der Waals surface area (Å²) in [4.78, 5) is 2.58. The molecule has 0 spiro atoms. The Morgan fingerprint density at radius 2 is 2.08 bits per heavy atom. The molecule has 1 aliphatic rings. The zero-order valence-electron chi connectivity index (χ0n) is 17.0. The largest absolute Gasteiger partial charge is 0.411 e. The Bertz CT molecular complexity index is 329. The molecule has 0 N–H and O–H groups in total. The second-order valence-corrected chi connectivity index (χ2v) is 15.6. The summed E-state index contributed by atoms with van der Waals surface area (Å²) in [5, 5.41) is 0. The van der Waals surface area contributed by atoms with Crippen molar-refractivity contribution in [2.45, 2.75) is 76.7 Å². The normalized spacial score (nSPS) is 23.9. The van der Waals surface area contributed by atoms with Crippen LogP contribution in [0.1, 0.15) is 32.6 Å². The van der Waals surface area contributed by atoms with Crippen molar-refractivity contribution in [3.63, 3.8) is 0 Å². The molecule has 1 rings (SSSR count). The molecule has 0 amide bonds. The van der Waals surface area contributed by atoms with Gasteiger partial charge in [0.2, 0.25) is 0 Å². The molecule has 1 heterocycles. The number of ether oxygens (including phenoxy) is 2. The van der Waals surface area contributed by atoms with Crippen LogP contribution in [0.3, 0.4) is 0 Å². The Kier molecular flexibility index (Phi) is 11.0. The zero-order chi connectivity index (χ0) is 18.0. The van der Waals surface area contributed by atoms with Crippen LogP contribution in [-0.4, -0.2) is 73.8 Å². The van der Waals surface area contributed by atoms with Gasteiger partial charge in [-0.2, -0.15) is 0 Å². The maximum Gasteiger partial charge on any atom is 0.187 e. The van der Waals surface area contributed by atoms with Gasteiger partial charge in [-0.1, -0.05) is 26.4 Å². The lowest BCUT2D eigenvalue weighted by Gasteiger charge is -2.37. The minimum Gasteiger partial charge on any atom is -0.411 e. The van der Waals surface area contributed by atoms with Crippen molar-refractivity contribution < 1.29 is 13.9 Å². The Morgan fingerprint density at radius 3 is 2.71 bits per heavy atom. The molecule has 0 aromatic rings. The van der Waals surface area contributed by atoms with Gasteiger partial charge in [-0.25, -0.2) is 0 Å². The van der Waals surface area contributed by atoms with Crippen LogP contribution in [0, 0.1) is 0 Å². The van der Waals surface area contributed by atoms with Gasteiger partial charge in [-0.3, -0.25) is 0 Å². The van der Waals surface area contributed by atoms with Gasteiger partial charge in [0, 0.05) is 32.5 Å². The van der Waals surface area contributed by atoms with Crippen molar-refractivity contribution in [3.05, 3.63) is 0 Å². The van der Waals surface area contributed by atoms with Gasteiger partial charge < -0.3 is 18.8 Å². The molecule has 2 atom stereocenters. The van der Waals surface area contributed by atoms with Crippen LogP contribution in [0.15, 0.2) is 0 Å². The number of nitrogens with zero attached hydrogens (tertiary/aromatic N) is 1. The zero-order valence-corrected chi connectivity index (χ0v) is 19.1. The molecule has 0 aliphatic carbocycles. The average molecular weight is 376 g/mol. The quantitative estimate of drug-likeness (QED) is 0.432. The minimum atomic E-state index is -1.53. The molecule has 0 radical (unpaired) electrons. The molecule has 6 heteroatoms. The summed E-state index contributed by atoms with van der Waals surface area (Å²) in [5.41, 5.74) is 0.487. The van der Waals surface area contributed by atoms with Crippen molar-refractivity contribution in [2.75, 3.05) is 40.0 Å². The van der Waals surface area contributed by atoms with Gasteiger partial charge in [-0.15, -0.1) is 0 Å². The molecule has 1 fully saturated rings. The summed E-state index contributed by atoms with van der Waals surface area (Å²) >= 11 is 0. The third kappa shape index (κ3) is 9.10. The van der Waals surface area contributed by atoms with Crippen LogP contribution in [0.5, 0.6) is 0 Å². The minimum absolute atomic E-state index is 0.237. The Labute approximate surface area is 153 Å². The van der Waals surface area contributed by atoms with Gasteiger partial charge in [0.15, 0.2) is 8.32 Å². The first-order valence-electron chi connectivity index (χ1n) is 9.88. The van der Waals surface area contributed by atoms with Gasteiger partial charge in [0.25, 0.3) is 0 Å². The van der Waals surface area contributed by atoms with Crippen molar-refractivity contribution in [1.82, 2.24) is 4.90 Å². The predicted octanol–water partition coefficient (Wildman–Crippen LogP) is 3.53. The monoisotopic (exact) mass is 375 g/mol. The van der Waals surface area contributed by atoms with Crippen molar-refractivity contribution in [2.24, 2.45) is 0 Å². The first-order chi connectivity index (χ1) is 11.4. The van der Waals surface area contributed by atoms with Crippen LogP contribution >= 0.6 is 0 Å². The lowest BCUT2D eigenvalue weighted by Crippen LogP contribution is -2.47. The molecule has 1 saturated heterocycles. The van der Waals surface area contributed by atoms with Crippen LogP contribution in [0.2, 0.25) is 32.2 Å². The van der Waals surface area contributed by atoms with E-state index in [-0.39, 0.29) is 6.10 Å². The van der Waals surface area contributed by atoms with E-state index < -0.39 is 17.1 Å². The molecular formula is C18H41NO3Si2. The number of rotatable bonds is 10. The lowest BCUT2D eigenvalue weighted by atomic mass is 10.3. The maximum absolute atomic E-state index is 6.52. The second-order valence-electron chi connectivity index (χ2n) is 8.14. The van der Waals surface area contributed by atoms with E-state index in [2.05, 4.69) is 38.0 Å². The summed E-state index contributed by atoms with van der Waals surface area (Å²) in [5.74, 6) is 0. The molecule has 0 bridgehead atoms. The topological polar surface area (TPSA) is 30.9 Å². The van der Waals surface area contributed by atoms with E-state index in [4.69, 9.17) is 13.9 Å². The van der Waals surface area contributed by atoms with Gasteiger partial charge >= 0.3 is 0 Å². The lowest BCUT2D eigenvalue weighted by molar-refractivity contribution is 0.0183. The molecule has 2 unspecified atom stereocenters. The summed E-state index contributed by atoms with van der Waals surface area (Å²) in [6.07, 6.45) is 4.99. The summed E-state index contributed by atoms with van der Waals surface area (Å²) < 4.78 is 18.1. The van der Waals surface area contributed by atoms with Gasteiger partial charge in [0.05, 0.1) is 21.5 Å². The van der Waals surface area contributed by atoms with Crippen molar-refractivity contribution in [3.8, 4) is 0 Å². The fraction of sp³-hybridized carbons (Fsp3) is 1.00. The van der Waals surface area contributed by atoms with Crippen molar-refractivity contribution in [1.29, 1.82) is 0 Å². The number of hydrogen-bond donors (Lipinski definition) is 0. The summed E-state index contributed by atoms with van der Waals surface area (Å²) in [7, 11) is -0.400. The number of unbranched alkanes of at least 4 members (excludes halogenated alkanes) is 1. The fourth-order valence-electron chi connectivity index (χ4n) is 3.44. The third-order valence-corrected chi connectivity index (χ3v) is 9.54. The molecule has 144 valence electrons. The smallest absolute Gasteiger partial charge is 0.187 e. The summed E-state index contributed by atoms with van der Waals surface area (Å²) in [6, 6.07) is 1.25. The average Bonchev–Trinajstić information content (AvgIpc) is 2.49. The fourth-order valence-corrected chi connectivity index (χ4v) is 6.97. The molecule has 24 heavy (non-hydrogen) atoms. The molecule has 0 aromatic carbocycles. The molecule has 0 aromatic heterocycles. The van der Waals surface area contributed by atoms with Crippen LogP contribution in [0.4, 0.5) is 0 Å². The maximum atomic E-state index is 6.52. The molecule has 4 nitrogen and oxygen atoms in total. The van der Waals surface area contributed by atoms with Gasteiger partial charge in [0.1, 0.15) is 0 Å². The summed E-state index contributed by atoms with van der Waals surface area (Å²) in [6.45, 7) is 16.6. The highest BCUT2D eigenvalue weighted by molar-refractivity contribution is 6.71. The standard InChI is InChI=1S/C18H41NO3Si2/c1-7-8-13-21-16-17-15-19(11-9-14-24(5,6)22-17)12-10-18(20-2)23(3)4/h17-18,23H,7-16H2,1-6H3. The van der Waals surface area contributed by atoms with E-state index in [0.29, 0.717) is 5.73 Å². The Morgan fingerprint density at radius 1 is 1.33 bits per heavy atom. The molecular weight excluding hydrogens is 334 g/mol. The number of hydrogen-bond acceptors (Lipinski definition) is 4. The molecule has 1 aliphatic heterocycles. The van der Waals surface area contributed by atoms with E-state index >= 15 is 0 Å². The highest BCUT2D eigenvalue weighted by Crippen LogP contribution is 2.21. The SMILES string of the molecule is CCCCOCC1CN(CCC(OC)[SiH](C)C)CCC[Si](C)(C)O1. The third-order valence-electron chi connectivity index (χ3n) is 4.92. The Hall–Kier alpha value is 0.274. The van der Waals surface area contributed by atoms with E-state index in [1.54, 1.807) is 0 Å². The second kappa shape index (κ2) is 11.8. The van der Waals surface area contributed by atoms with Crippen LogP contribution in [0.25, 0.3) is 0 Å². The first-order valence-corrected chi connectivity index (χ1v) is 16.0. The number of methoxy groups -OCH3 is 1. The van der Waals surface area contributed by atoms with E-state index in [0.717, 1.165) is 39.1 Å². The highest BCUT2D eigenvalue weighted by Gasteiger charge is 2.30. The first kappa shape index (κ1) is 22.3. The van der Waals surface area contributed by atoms with Crippen molar-refractivity contribution >= 4 is 17.1 Å². The van der Waals surface area contributed by atoms with Crippen LogP contribution < -0.4 is 0 Å². The highest BCUT2D eigenvalue weighted by atomic mass is 28.4. The van der Waals surface area contributed by atoms with E-state index in [1.807, 2.05) is 7.11 Å². The predicted molar refractivity (Wildman–Crippen MR) is 108 cm³/mol. The molecule has 0 saturated carbocycles. The van der Waals surface area contributed by atoms with Crippen LogP contribution in [-0.2, 0) is 13.9 Å².